The normalized spacial score (nSPS) is 11.1. The summed E-state index contributed by atoms with van der Waals surface area (Å²) in [6, 6.07) is 59.6. The molecule has 0 aliphatic rings. The van der Waals surface area contributed by atoms with Gasteiger partial charge in [0.15, 0.2) is 17.5 Å². The van der Waals surface area contributed by atoms with Crippen molar-refractivity contribution in [3.63, 3.8) is 0 Å². The Morgan fingerprint density at radius 2 is 0.964 bits per heavy atom. The van der Waals surface area contributed by atoms with Crippen LogP contribution in [-0.2, 0) is 0 Å². The molecule has 0 aliphatic carbocycles. The molecule has 10 rings (SSSR count). The molecule has 0 aliphatic heterocycles. The molecule has 3 heterocycles. The topological polar surface area (TPSA) is 88.5 Å². The van der Waals surface area contributed by atoms with Crippen molar-refractivity contribution in [2.75, 3.05) is 5.73 Å². The van der Waals surface area contributed by atoms with E-state index in [-0.39, 0.29) is 0 Å². The Bertz CT molecular complexity index is 2990. The highest BCUT2D eigenvalue weighted by Gasteiger charge is 2.18. The molecule has 0 fully saturated rings. The molecule has 0 bridgehead atoms. The van der Waals surface area contributed by atoms with Crippen LogP contribution < -0.4 is 5.73 Å². The van der Waals surface area contributed by atoms with Crippen molar-refractivity contribution >= 4 is 64.3 Å². The van der Waals surface area contributed by atoms with Crippen LogP contribution in [0.4, 0.5) is 5.69 Å². The van der Waals surface area contributed by atoms with E-state index in [9.17, 15) is 0 Å². The minimum atomic E-state index is 0.495. The van der Waals surface area contributed by atoms with Gasteiger partial charge in [-0.1, -0.05) is 158 Å². The quantitative estimate of drug-likeness (QED) is 0.165. The summed E-state index contributed by atoms with van der Waals surface area (Å²) in [6.07, 6.45) is 0. The van der Waals surface area contributed by atoms with Crippen molar-refractivity contribution in [3.8, 4) is 45.3 Å². The first kappa shape index (κ1) is 34.9. The lowest BCUT2D eigenvalue weighted by atomic mass is 10.0. The van der Waals surface area contributed by atoms with Crippen molar-refractivity contribution < 1.29 is 0 Å². The number of nitrogens with one attached hydrogen (secondary N) is 1. The number of benzene rings is 7. The van der Waals surface area contributed by atoms with Crippen LogP contribution in [0.5, 0.6) is 0 Å². The Labute approximate surface area is 333 Å². The predicted octanol–water partition coefficient (Wildman–Crippen LogP) is 13.1. The minimum Gasteiger partial charge on any atom is -0.397 e. The largest absolute Gasteiger partial charge is 0.397 e. The second-order valence-corrected chi connectivity index (χ2v) is 15.6. The third-order valence-corrected chi connectivity index (χ3v) is 12.1. The van der Waals surface area contributed by atoms with Gasteiger partial charge in [0.2, 0.25) is 0 Å². The summed E-state index contributed by atoms with van der Waals surface area (Å²) in [6.45, 7) is 2.17. The van der Waals surface area contributed by atoms with E-state index in [1.165, 1.54) is 31.3 Å². The van der Waals surface area contributed by atoms with Crippen LogP contribution in [0.25, 0.3) is 75.5 Å². The molecule has 0 saturated heterocycles. The zero-order valence-corrected chi connectivity index (χ0v) is 32.1. The maximum Gasteiger partial charge on any atom is 0.164 e. The smallest absolute Gasteiger partial charge is 0.164 e. The van der Waals surface area contributed by atoms with Crippen molar-refractivity contribution in [2.24, 2.45) is 0 Å². The second-order valence-electron chi connectivity index (χ2n) is 13.4. The molecule has 3 N–H and O–H groups in total. The molecule has 56 heavy (non-hydrogen) atoms. The third kappa shape index (κ3) is 6.75. The van der Waals surface area contributed by atoms with E-state index in [1.54, 1.807) is 11.3 Å². The number of hydrogen-bond donors (Lipinski definition) is 2. The molecular formula is C49H35N5S2. The molecule has 0 unspecified atom stereocenters. The third-order valence-electron chi connectivity index (χ3n) is 9.81. The number of hydrogen-bond acceptors (Lipinski definition) is 7. The van der Waals surface area contributed by atoms with Gasteiger partial charge in [0.05, 0.1) is 16.3 Å². The van der Waals surface area contributed by atoms with Crippen LogP contribution in [0.2, 0.25) is 0 Å². The fraction of sp³-hybridized carbons (Fsp3) is 0.0204. The van der Waals surface area contributed by atoms with Gasteiger partial charge in [-0.2, -0.15) is 0 Å². The maximum absolute atomic E-state index is 8.27. The maximum atomic E-state index is 8.27. The van der Waals surface area contributed by atoms with Gasteiger partial charge in [0.1, 0.15) is 0 Å². The molecule has 0 saturated carbocycles. The van der Waals surface area contributed by atoms with Gasteiger partial charge in [-0.15, -0.1) is 22.7 Å². The SMILES string of the molecule is Cc1cccc2sc3cccc(-c4nc(-c5ccccc5)nc(-c5ccc(-c6ccccc6)cc5)n4)c3c12.N=C(c1ccccc1)c1sc2ccccc2c1N. The first-order valence-electron chi connectivity index (χ1n) is 18.3. The van der Waals surface area contributed by atoms with Crippen LogP contribution in [0.1, 0.15) is 16.0 Å². The molecular weight excluding hydrogens is 723 g/mol. The number of fused-ring (bicyclic) bond motifs is 4. The number of thiophene rings is 2. The number of aryl methyl sites for hydroxylation is 1. The van der Waals surface area contributed by atoms with Gasteiger partial charge in [-0.25, -0.2) is 15.0 Å². The first-order chi connectivity index (χ1) is 27.5. The Hall–Kier alpha value is -6.80. The molecule has 0 atom stereocenters. The summed E-state index contributed by atoms with van der Waals surface area (Å²) in [5, 5.41) is 11.8. The molecule has 268 valence electrons. The number of nitrogen functional groups attached to an aromatic ring is 1. The van der Waals surface area contributed by atoms with E-state index < -0.39 is 0 Å². The van der Waals surface area contributed by atoms with Crippen LogP contribution in [0.15, 0.2) is 176 Å². The molecule has 0 radical (unpaired) electrons. The van der Waals surface area contributed by atoms with Gasteiger partial charge in [-0.3, -0.25) is 5.41 Å². The average molecular weight is 758 g/mol. The summed E-state index contributed by atoms with van der Waals surface area (Å²) >= 11 is 3.39. The number of anilines is 1. The monoisotopic (exact) mass is 757 g/mol. The van der Waals surface area contributed by atoms with Crippen molar-refractivity contribution in [3.05, 3.63) is 192 Å². The lowest BCUT2D eigenvalue weighted by molar-refractivity contribution is 1.08. The summed E-state index contributed by atoms with van der Waals surface area (Å²) in [7, 11) is 0. The highest BCUT2D eigenvalue weighted by Crippen LogP contribution is 2.41. The minimum absolute atomic E-state index is 0.495. The molecule has 10 aromatic rings. The van der Waals surface area contributed by atoms with E-state index >= 15 is 0 Å². The van der Waals surface area contributed by atoms with Crippen LogP contribution in [-0.4, -0.2) is 20.7 Å². The molecule has 3 aromatic heterocycles. The van der Waals surface area contributed by atoms with Crippen molar-refractivity contribution in [1.82, 2.24) is 15.0 Å². The van der Waals surface area contributed by atoms with E-state index in [4.69, 9.17) is 26.1 Å². The van der Waals surface area contributed by atoms with E-state index in [1.807, 2.05) is 102 Å². The van der Waals surface area contributed by atoms with E-state index in [0.29, 0.717) is 28.9 Å². The lowest BCUT2D eigenvalue weighted by Crippen LogP contribution is -2.01. The zero-order valence-electron chi connectivity index (χ0n) is 30.5. The fourth-order valence-electron chi connectivity index (χ4n) is 7.00. The Morgan fingerprint density at radius 3 is 1.64 bits per heavy atom. The second kappa shape index (κ2) is 15.1. The van der Waals surface area contributed by atoms with E-state index in [2.05, 4.69) is 91.9 Å². The molecule has 7 heteroatoms. The van der Waals surface area contributed by atoms with Crippen molar-refractivity contribution in [1.29, 1.82) is 5.41 Å². The standard InChI is InChI=1S/C34H23N3S.C15H12N2S/c1-22-10-8-16-28-30(22)31-27(15-9-17-29(31)38-28)34-36-32(25-13-6-3-7-14-25)35-33(37-34)26-20-18-24(19-21-26)23-11-4-2-5-12-23;16-13(10-6-2-1-3-7-10)15-14(17)11-8-4-5-9-12(11)18-15/h2-21H,1H3;1-9,16H,17H2. The molecule has 5 nitrogen and oxygen atoms in total. The van der Waals surface area contributed by atoms with Gasteiger partial charge >= 0.3 is 0 Å². The summed E-state index contributed by atoms with van der Waals surface area (Å²) in [5.41, 5.74) is 14.8. The number of nitrogens with zero attached hydrogens (tertiary/aromatic N) is 3. The molecule has 0 amide bonds. The Kier molecular flexibility index (Phi) is 9.45. The predicted molar refractivity (Wildman–Crippen MR) is 238 cm³/mol. The van der Waals surface area contributed by atoms with Crippen LogP contribution in [0, 0.1) is 12.3 Å². The summed E-state index contributed by atoms with van der Waals surface area (Å²) in [5.74, 6) is 2.03. The number of rotatable bonds is 6. The fourth-order valence-corrected chi connectivity index (χ4v) is 9.30. The van der Waals surface area contributed by atoms with Gasteiger partial charge in [-0.05, 0) is 41.8 Å². The Balaban J connectivity index is 0.000000190. The van der Waals surface area contributed by atoms with Crippen LogP contribution >= 0.6 is 22.7 Å². The Morgan fingerprint density at radius 1 is 0.464 bits per heavy atom. The number of aromatic nitrogens is 3. The summed E-state index contributed by atoms with van der Waals surface area (Å²) < 4.78 is 3.65. The highest BCUT2D eigenvalue weighted by molar-refractivity contribution is 7.26. The van der Waals surface area contributed by atoms with Gasteiger partial charge in [0, 0.05) is 52.5 Å². The first-order valence-corrected chi connectivity index (χ1v) is 19.9. The van der Waals surface area contributed by atoms with Gasteiger partial charge in [0.25, 0.3) is 0 Å². The highest BCUT2D eigenvalue weighted by atomic mass is 32.1. The molecule has 7 aromatic carbocycles. The van der Waals surface area contributed by atoms with Gasteiger partial charge < -0.3 is 5.73 Å². The molecule has 0 spiro atoms. The lowest BCUT2D eigenvalue weighted by Gasteiger charge is -2.10. The van der Waals surface area contributed by atoms with Crippen molar-refractivity contribution in [2.45, 2.75) is 6.92 Å². The van der Waals surface area contributed by atoms with E-state index in [0.717, 1.165) is 42.8 Å². The van der Waals surface area contributed by atoms with Crippen LogP contribution in [0.3, 0.4) is 0 Å². The average Bonchev–Trinajstić information content (AvgIpc) is 3.83. The zero-order chi connectivity index (χ0) is 38.0. The summed E-state index contributed by atoms with van der Waals surface area (Å²) in [4.78, 5) is 15.8. The number of nitrogens with two attached hydrogens (primary N) is 1.